The summed E-state index contributed by atoms with van der Waals surface area (Å²) in [5.74, 6) is -0.690. The van der Waals surface area contributed by atoms with Crippen LogP contribution in [0.5, 0.6) is 0 Å². The topological polar surface area (TPSA) is 85.6 Å². The van der Waals surface area contributed by atoms with Crippen molar-refractivity contribution in [1.82, 2.24) is 19.9 Å². The first-order valence-corrected chi connectivity index (χ1v) is 8.87. The maximum atomic E-state index is 12.3. The number of carbonyl (C=O) groups is 2. The van der Waals surface area contributed by atoms with Crippen LogP contribution in [0, 0.1) is 13.8 Å². The Kier molecular flexibility index (Phi) is 4.87. The molecular formula is C20H24N4O3. The molecule has 142 valence electrons. The number of carbonyl (C=O) groups excluding carboxylic acids is 2. The van der Waals surface area contributed by atoms with E-state index in [1.807, 2.05) is 42.6 Å². The Hall–Kier alpha value is -2.96. The number of aryl methyl sites for hydroxylation is 2. The Labute approximate surface area is 157 Å². The quantitative estimate of drug-likeness (QED) is 0.700. The monoisotopic (exact) mass is 368 g/mol. The van der Waals surface area contributed by atoms with Gasteiger partial charge in [-0.05, 0) is 51.8 Å². The fourth-order valence-corrected chi connectivity index (χ4v) is 3.29. The molecule has 1 aromatic carbocycles. The number of aromatic nitrogens is 3. The third kappa shape index (κ3) is 3.49. The first-order valence-electron chi connectivity index (χ1n) is 8.87. The van der Waals surface area contributed by atoms with Gasteiger partial charge in [-0.15, -0.1) is 0 Å². The van der Waals surface area contributed by atoms with Crippen LogP contribution in [0.1, 0.15) is 37.2 Å². The minimum absolute atomic E-state index is 0.213. The van der Waals surface area contributed by atoms with Gasteiger partial charge in [-0.25, -0.2) is 14.3 Å². The third-order valence-corrected chi connectivity index (χ3v) is 4.77. The van der Waals surface area contributed by atoms with Crippen molar-refractivity contribution in [2.24, 2.45) is 0 Å². The maximum Gasteiger partial charge on any atom is 0.330 e. The molecular weight excluding hydrogens is 344 g/mol. The minimum Gasteiger partial charge on any atom is -0.467 e. The highest BCUT2D eigenvalue weighted by Gasteiger charge is 2.30. The molecule has 2 heterocycles. The standard InChI is InChI=1S/C20H24N4O3/c1-12-14(10-11-17(25)22-20(3,4)19(26)27-5)13(2)24-18(21-12)15-8-6-7-9-16(15)23-24/h6-9H,10-11H2,1-5H3,(H,22,25). The normalized spacial score (nSPS) is 11.7. The molecule has 3 aromatic rings. The van der Waals surface area contributed by atoms with Crippen LogP contribution in [0.25, 0.3) is 16.6 Å². The SMILES string of the molecule is COC(=O)C(C)(C)NC(=O)CCc1c(C)nc2c3ccccc3nn2c1C. The van der Waals surface area contributed by atoms with Crippen molar-refractivity contribution in [2.75, 3.05) is 7.11 Å². The van der Waals surface area contributed by atoms with Crippen molar-refractivity contribution in [1.29, 1.82) is 0 Å². The summed E-state index contributed by atoms with van der Waals surface area (Å²) in [6.07, 6.45) is 0.760. The lowest BCUT2D eigenvalue weighted by Crippen LogP contribution is -2.50. The number of methoxy groups -OCH3 is 1. The molecule has 7 nitrogen and oxygen atoms in total. The molecule has 0 atom stereocenters. The van der Waals surface area contributed by atoms with E-state index in [1.54, 1.807) is 13.8 Å². The maximum absolute atomic E-state index is 12.3. The number of hydrogen-bond acceptors (Lipinski definition) is 5. The summed E-state index contributed by atoms with van der Waals surface area (Å²) in [6.45, 7) is 7.17. The summed E-state index contributed by atoms with van der Waals surface area (Å²) >= 11 is 0. The lowest BCUT2D eigenvalue weighted by atomic mass is 10.0. The van der Waals surface area contributed by atoms with Gasteiger partial charge in [0.15, 0.2) is 5.65 Å². The lowest BCUT2D eigenvalue weighted by Gasteiger charge is -2.23. The number of ether oxygens (including phenoxy) is 1. The molecule has 0 unspecified atom stereocenters. The molecule has 2 aromatic heterocycles. The second-order valence-corrected chi connectivity index (χ2v) is 7.18. The van der Waals surface area contributed by atoms with E-state index in [4.69, 9.17) is 9.72 Å². The number of nitrogens with one attached hydrogen (secondary N) is 1. The predicted molar refractivity (Wildman–Crippen MR) is 103 cm³/mol. The molecule has 27 heavy (non-hydrogen) atoms. The average Bonchev–Trinajstić information content (AvgIpc) is 2.99. The third-order valence-electron chi connectivity index (χ3n) is 4.77. The van der Waals surface area contributed by atoms with Gasteiger partial charge in [0.05, 0.1) is 12.6 Å². The Bertz CT molecular complexity index is 1040. The number of rotatable bonds is 5. The molecule has 7 heteroatoms. The first-order chi connectivity index (χ1) is 12.7. The van der Waals surface area contributed by atoms with E-state index in [0.717, 1.165) is 33.5 Å². The molecule has 0 aliphatic heterocycles. The van der Waals surface area contributed by atoms with Gasteiger partial charge in [0, 0.05) is 23.2 Å². The molecule has 0 radical (unpaired) electrons. The van der Waals surface area contributed by atoms with Crippen molar-refractivity contribution in [3.8, 4) is 0 Å². The zero-order valence-corrected chi connectivity index (χ0v) is 16.3. The van der Waals surface area contributed by atoms with E-state index >= 15 is 0 Å². The van der Waals surface area contributed by atoms with E-state index in [-0.39, 0.29) is 12.3 Å². The number of hydrogen-bond donors (Lipinski definition) is 1. The summed E-state index contributed by atoms with van der Waals surface area (Å²) in [5, 5.41) is 8.36. The Morgan fingerprint density at radius 1 is 1.22 bits per heavy atom. The molecule has 0 bridgehead atoms. The highest BCUT2D eigenvalue weighted by atomic mass is 16.5. The van der Waals surface area contributed by atoms with Gasteiger partial charge in [0.1, 0.15) is 5.54 Å². The number of fused-ring (bicyclic) bond motifs is 3. The summed E-state index contributed by atoms with van der Waals surface area (Å²) in [6, 6.07) is 7.88. The number of esters is 1. The first kappa shape index (κ1) is 18.8. The molecule has 0 spiro atoms. The summed E-state index contributed by atoms with van der Waals surface area (Å²) in [5.41, 5.74) is 3.49. The summed E-state index contributed by atoms with van der Waals surface area (Å²) in [4.78, 5) is 28.8. The van der Waals surface area contributed by atoms with Crippen LogP contribution in [0.2, 0.25) is 0 Å². The molecule has 1 N–H and O–H groups in total. The van der Waals surface area contributed by atoms with Gasteiger partial charge >= 0.3 is 5.97 Å². The lowest BCUT2D eigenvalue weighted by molar-refractivity contribution is -0.149. The second kappa shape index (κ2) is 6.98. The zero-order valence-electron chi connectivity index (χ0n) is 16.3. The van der Waals surface area contributed by atoms with Crippen LogP contribution in [0.3, 0.4) is 0 Å². The van der Waals surface area contributed by atoms with Crippen LogP contribution in [0.15, 0.2) is 24.3 Å². The molecule has 3 rings (SSSR count). The van der Waals surface area contributed by atoms with Crippen molar-refractivity contribution < 1.29 is 14.3 Å². The zero-order chi connectivity index (χ0) is 19.8. The minimum atomic E-state index is -1.06. The Morgan fingerprint density at radius 2 is 1.93 bits per heavy atom. The van der Waals surface area contributed by atoms with E-state index in [2.05, 4.69) is 10.4 Å². The number of nitrogens with zero attached hydrogens (tertiary/aromatic N) is 3. The summed E-state index contributed by atoms with van der Waals surface area (Å²) < 4.78 is 6.56. The van der Waals surface area contributed by atoms with Crippen LogP contribution >= 0.6 is 0 Å². The van der Waals surface area contributed by atoms with Crippen LogP contribution in [0.4, 0.5) is 0 Å². The average molecular weight is 368 g/mol. The van der Waals surface area contributed by atoms with Crippen molar-refractivity contribution in [3.63, 3.8) is 0 Å². The second-order valence-electron chi connectivity index (χ2n) is 7.18. The van der Waals surface area contributed by atoms with Crippen molar-refractivity contribution in [2.45, 2.75) is 46.1 Å². The predicted octanol–water partition coefficient (Wildman–Crippen LogP) is 2.50. The number of benzene rings is 1. The fraction of sp³-hybridized carbons (Fsp3) is 0.400. The Morgan fingerprint density at radius 3 is 2.63 bits per heavy atom. The largest absolute Gasteiger partial charge is 0.467 e. The van der Waals surface area contributed by atoms with Gasteiger partial charge < -0.3 is 10.1 Å². The van der Waals surface area contributed by atoms with Crippen molar-refractivity contribution >= 4 is 28.4 Å². The van der Waals surface area contributed by atoms with Gasteiger partial charge in [0.25, 0.3) is 0 Å². The van der Waals surface area contributed by atoms with Crippen LogP contribution in [-0.4, -0.2) is 39.1 Å². The highest BCUT2D eigenvalue weighted by molar-refractivity contribution is 5.92. The van der Waals surface area contributed by atoms with Gasteiger partial charge in [-0.1, -0.05) is 12.1 Å². The smallest absolute Gasteiger partial charge is 0.330 e. The fourth-order valence-electron chi connectivity index (χ4n) is 3.29. The highest BCUT2D eigenvalue weighted by Crippen LogP contribution is 2.23. The molecule has 0 saturated carbocycles. The van der Waals surface area contributed by atoms with Gasteiger partial charge in [0.2, 0.25) is 5.91 Å². The molecule has 0 fully saturated rings. The van der Waals surface area contributed by atoms with Crippen molar-refractivity contribution in [3.05, 3.63) is 41.2 Å². The summed E-state index contributed by atoms with van der Waals surface area (Å²) in [7, 11) is 1.30. The molecule has 0 saturated heterocycles. The molecule has 0 aliphatic rings. The molecule has 0 aliphatic carbocycles. The van der Waals surface area contributed by atoms with E-state index in [1.165, 1.54) is 7.11 Å². The van der Waals surface area contributed by atoms with E-state index in [9.17, 15) is 9.59 Å². The molecule has 1 amide bonds. The van der Waals surface area contributed by atoms with Crippen LogP contribution in [-0.2, 0) is 20.7 Å². The van der Waals surface area contributed by atoms with Crippen LogP contribution < -0.4 is 5.32 Å². The van der Waals surface area contributed by atoms with E-state index < -0.39 is 11.5 Å². The van der Waals surface area contributed by atoms with Gasteiger partial charge in [-0.2, -0.15) is 5.10 Å². The van der Waals surface area contributed by atoms with Gasteiger partial charge in [-0.3, -0.25) is 4.79 Å². The Balaban J connectivity index is 1.84. The van der Waals surface area contributed by atoms with E-state index in [0.29, 0.717) is 6.42 Å². The number of amides is 1.